The number of nitrogens with one attached hydrogen (secondary N) is 1. The zero-order valence-corrected chi connectivity index (χ0v) is 12.5. The normalized spacial score (nSPS) is 10.7. The Morgan fingerprint density at radius 3 is 2.50 bits per heavy atom. The largest absolute Gasteiger partial charge is 0.321 e. The lowest BCUT2D eigenvalue weighted by molar-refractivity contribution is -0.111. The second kappa shape index (κ2) is 7.17. The van der Waals surface area contributed by atoms with Crippen molar-refractivity contribution in [1.82, 2.24) is 0 Å². The van der Waals surface area contributed by atoms with Crippen molar-refractivity contribution in [2.24, 2.45) is 0 Å². The van der Waals surface area contributed by atoms with Crippen molar-refractivity contribution in [3.63, 3.8) is 0 Å². The van der Waals surface area contributed by atoms with Gasteiger partial charge in [-0.3, -0.25) is 4.79 Å². The van der Waals surface area contributed by atoms with Crippen molar-refractivity contribution in [2.45, 2.75) is 4.90 Å². The number of hydrogen-bond acceptors (Lipinski definition) is 2. The molecule has 2 nitrogen and oxygen atoms in total. The lowest BCUT2D eigenvalue weighted by Crippen LogP contribution is -2.07. The van der Waals surface area contributed by atoms with Crippen LogP contribution in [0.1, 0.15) is 5.56 Å². The Morgan fingerprint density at radius 1 is 1.15 bits per heavy atom. The van der Waals surface area contributed by atoms with Crippen LogP contribution in [0.4, 0.5) is 5.69 Å². The smallest absolute Gasteiger partial charge is 0.248 e. The average Bonchev–Trinajstić information content (AvgIpc) is 2.48. The molecule has 0 radical (unpaired) electrons. The second-order valence-corrected chi connectivity index (χ2v) is 5.36. The summed E-state index contributed by atoms with van der Waals surface area (Å²) in [5.74, 6) is -0.202. The number of rotatable bonds is 4. The van der Waals surface area contributed by atoms with E-state index in [4.69, 9.17) is 11.6 Å². The van der Waals surface area contributed by atoms with E-state index in [1.54, 1.807) is 30.0 Å². The monoisotopic (exact) mass is 303 g/mol. The first-order valence-corrected chi connectivity index (χ1v) is 7.67. The third-order valence-corrected chi connectivity index (χ3v) is 3.75. The van der Waals surface area contributed by atoms with Crippen LogP contribution in [0.3, 0.4) is 0 Å². The SMILES string of the molecule is CSc1ccc(/C=C/C(=O)Nc2ccccc2Cl)cc1. The molecular weight excluding hydrogens is 290 g/mol. The number of amides is 1. The molecule has 0 bridgehead atoms. The molecule has 2 rings (SSSR count). The van der Waals surface area contributed by atoms with Gasteiger partial charge in [0.15, 0.2) is 0 Å². The molecule has 0 saturated carbocycles. The highest BCUT2D eigenvalue weighted by atomic mass is 35.5. The van der Waals surface area contributed by atoms with Gasteiger partial charge in [-0.2, -0.15) is 0 Å². The van der Waals surface area contributed by atoms with Crippen LogP contribution < -0.4 is 5.32 Å². The lowest BCUT2D eigenvalue weighted by Gasteiger charge is -2.03. The fourth-order valence-electron chi connectivity index (χ4n) is 1.62. The molecule has 0 aliphatic rings. The maximum atomic E-state index is 11.8. The van der Waals surface area contributed by atoms with E-state index in [9.17, 15) is 4.79 Å². The van der Waals surface area contributed by atoms with Crippen molar-refractivity contribution in [3.8, 4) is 0 Å². The van der Waals surface area contributed by atoms with Gasteiger partial charge in [0, 0.05) is 11.0 Å². The minimum atomic E-state index is -0.202. The van der Waals surface area contributed by atoms with Crippen molar-refractivity contribution in [2.75, 3.05) is 11.6 Å². The number of carbonyl (C=O) groups excluding carboxylic acids is 1. The van der Waals surface area contributed by atoms with E-state index in [2.05, 4.69) is 5.32 Å². The minimum Gasteiger partial charge on any atom is -0.321 e. The topological polar surface area (TPSA) is 29.1 Å². The van der Waals surface area contributed by atoms with Crippen LogP contribution >= 0.6 is 23.4 Å². The van der Waals surface area contributed by atoms with E-state index in [1.807, 2.05) is 42.7 Å². The van der Waals surface area contributed by atoms with E-state index in [1.165, 1.54) is 11.0 Å². The van der Waals surface area contributed by atoms with Crippen LogP contribution in [0, 0.1) is 0 Å². The predicted octanol–water partition coefficient (Wildman–Crippen LogP) is 4.71. The molecule has 0 atom stereocenters. The highest BCUT2D eigenvalue weighted by Crippen LogP contribution is 2.20. The fraction of sp³-hybridized carbons (Fsp3) is 0.0625. The third kappa shape index (κ3) is 4.15. The highest BCUT2D eigenvalue weighted by molar-refractivity contribution is 7.98. The molecule has 2 aromatic carbocycles. The Balaban J connectivity index is 2.00. The molecule has 4 heteroatoms. The first-order chi connectivity index (χ1) is 9.69. The summed E-state index contributed by atoms with van der Waals surface area (Å²) in [7, 11) is 0. The van der Waals surface area contributed by atoms with Gasteiger partial charge < -0.3 is 5.32 Å². The Hall–Kier alpha value is -1.71. The summed E-state index contributed by atoms with van der Waals surface area (Å²) in [6.07, 6.45) is 5.30. The Kier molecular flexibility index (Phi) is 5.27. The number of benzene rings is 2. The maximum absolute atomic E-state index is 11.8. The van der Waals surface area contributed by atoms with Crippen LogP contribution in [-0.2, 0) is 4.79 Å². The van der Waals surface area contributed by atoms with E-state index in [0.29, 0.717) is 10.7 Å². The molecule has 0 heterocycles. The van der Waals surface area contributed by atoms with Gasteiger partial charge in [-0.25, -0.2) is 0 Å². The summed E-state index contributed by atoms with van der Waals surface area (Å²) in [6.45, 7) is 0. The quantitative estimate of drug-likeness (QED) is 0.654. The third-order valence-electron chi connectivity index (χ3n) is 2.67. The van der Waals surface area contributed by atoms with Crippen LogP contribution in [0.25, 0.3) is 6.08 Å². The molecule has 0 unspecified atom stereocenters. The van der Waals surface area contributed by atoms with Gasteiger partial charge in [-0.1, -0.05) is 35.9 Å². The Labute approximate surface area is 127 Å². The molecule has 20 heavy (non-hydrogen) atoms. The molecule has 0 saturated heterocycles. The van der Waals surface area contributed by atoms with Crippen LogP contribution in [0.5, 0.6) is 0 Å². The molecular formula is C16H14ClNOS. The predicted molar refractivity (Wildman–Crippen MR) is 87.3 cm³/mol. The molecule has 0 aromatic heterocycles. The molecule has 1 amide bonds. The van der Waals surface area contributed by atoms with Crippen molar-refractivity contribution < 1.29 is 4.79 Å². The molecule has 0 aliphatic heterocycles. The molecule has 0 aliphatic carbocycles. The lowest BCUT2D eigenvalue weighted by atomic mass is 10.2. The number of thioether (sulfide) groups is 1. The highest BCUT2D eigenvalue weighted by Gasteiger charge is 2.01. The van der Waals surface area contributed by atoms with Gasteiger partial charge in [0.25, 0.3) is 0 Å². The van der Waals surface area contributed by atoms with E-state index < -0.39 is 0 Å². The standard InChI is InChI=1S/C16H14ClNOS/c1-20-13-9-6-12(7-10-13)8-11-16(19)18-15-5-3-2-4-14(15)17/h2-11H,1H3,(H,18,19)/b11-8+. The first-order valence-electron chi connectivity index (χ1n) is 6.06. The number of anilines is 1. The molecule has 2 aromatic rings. The molecule has 1 N–H and O–H groups in total. The number of hydrogen-bond donors (Lipinski definition) is 1. The van der Waals surface area contributed by atoms with Crippen molar-refractivity contribution in [3.05, 3.63) is 65.2 Å². The summed E-state index contributed by atoms with van der Waals surface area (Å²) >= 11 is 7.66. The number of halogens is 1. The fourth-order valence-corrected chi connectivity index (χ4v) is 2.22. The van der Waals surface area contributed by atoms with Gasteiger partial charge in [0.2, 0.25) is 5.91 Å². The summed E-state index contributed by atoms with van der Waals surface area (Å²) in [6, 6.07) is 15.2. The van der Waals surface area contributed by atoms with Gasteiger partial charge in [-0.05, 0) is 42.2 Å². The van der Waals surface area contributed by atoms with Crippen LogP contribution in [0.15, 0.2) is 59.5 Å². The van der Waals surface area contributed by atoms with Gasteiger partial charge in [0.1, 0.15) is 0 Å². The summed E-state index contributed by atoms with van der Waals surface area (Å²) in [5, 5.41) is 3.27. The Morgan fingerprint density at radius 2 is 1.85 bits per heavy atom. The van der Waals surface area contributed by atoms with Crippen LogP contribution in [-0.4, -0.2) is 12.2 Å². The molecule has 0 fully saturated rings. The number of para-hydroxylation sites is 1. The summed E-state index contributed by atoms with van der Waals surface area (Å²) < 4.78 is 0. The first kappa shape index (κ1) is 14.7. The molecule has 0 spiro atoms. The summed E-state index contributed by atoms with van der Waals surface area (Å²) in [5.41, 5.74) is 1.60. The molecule has 102 valence electrons. The summed E-state index contributed by atoms with van der Waals surface area (Å²) in [4.78, 5) is 13.0. The minimum absolute atomic E-state index is 0.202. The average molecular weight is 304 g/mol. The van der Waals surface area contributed by atoms with Crippen LogP contribution in [0.2, 0.25) is 5.02 Å². The van der Waals surface area contributed by atoms with Crippen molar-refractivity contribution in [1.29, 1.82) is 0 Å². The van der Waals surface area contributed by atoms with Gasteiger partial charge in [-0.15, -0.1) is 11.8 Å². The van der Waals surface area contributed by atoms with E-state index >= 15 is 0 Å². The Bertz CT molecular complexity index is 623. The number of carbonyl (C=O) groups is 1. The van der Waals surface area contributed by atoms with Gasteiger partial charge in [0.05, 0.1) is 10.7 Å². The zero-order chi connectivity index (χ0) is 14.4. The van der Waals surface area contributed by atoms with Crippen molar-refractivity contribution >= 4 is 41.0 Å². The zero-order valence-electron chi connectivity index (χ0n) is 11.0. The second-order valence-electron chi connectivity index (χ2n) is 4.08. The van der Waals surface area contributed by atoms with E-state index in [0.717, 1.165) is 5.56 Å². The van der Waals surface area contributed by atoms with Gasteiger partial charge >= 0.3 is 0 Å². The van der Waals surface area contributed by atoms with E-state index in [-0.39, 0.29) is 5.91 Å². The maximum Gasteiger partial charge on any atom is 0.248 e.